The lowest BCUT2D eigenvalue weighted by Gasteiger charge is -2.26. The lowest BCUT2D eigenvalue weighted by atomic mass is 10.2. The fourth-order valence-corrected chi connectivity index (χ4v) is 2.85. The number of hydrogen-bond acceptors (Lipinski definition) is 6. The predicted molar refractivity (Wildman–Crippen MR) is 100 cm³/mol. The van der Waals surface area contributed by atoms with Gasteiger partial charge in [-0.05, 0) is 11.6 Å². The van der Waals surface area contributed by atoms with Gasteiger partial charge in [0, 0.05) is 43.8 Å². The van der Waals surface area contributed by atoms with Crippen LogP contribution in [0.4, 0.5) is 5.82 Å². The molecule has 0 saturated carbocycles. The van der Waals surface area contributed by atoms with E-state index in [0.717, 1.165) is 38.4 Å². The third-order valence-corrected chi connectivity index (χ3v) is 4.50. The smallest absolute Gasteiger partial charge is 0.270 e. The SMILES string of the molecule is O=C(NCCN1CCOCC1)c1cc(NCc2ccccc2Cl)ncn1. The molecular formula is C18H22ClN5O2. The van der Waals surface area contributed by atoms with Gasteiger partial charge in [0.2, 0.25) is 0 Å². The van der Waals surface area contributed by atoms with Gasteiger partial charge in [0.1, 0.15) is 17.8 Å². The van der Waals surface area contributed by atoms with Crippen LogP contribution in [-0.2, 0) is 11.3 Å². The van der Waals surface area contributed by atoms with Crippen LogP contribution in [0.25, 0.3) is 0 Å². The maximum atomic E-state index is 12.3. The molecule has 0 radical (unpaired) electrons. The summed E-state index contributed by atoms with van der Waals surface area (Å²) in [6.45, 7) is 5.21. The van der Waals surface area contributed by atoms with E-state index in [2.05, 4.69) is 25.5 Å². The monoisotopic (exact) mass is 375 g/mol. The van der Waals surface area contributed by atoms with Crippen molar-refractivity contribution in [2.45, 2.75) is 6.54 Å². The molecule has 2 N–H and O–H groups in total. The van der Waals surface area contributed by atoms with E-state index in [1.807, 2.05) is 24.3 Å². The third-order valence-electron chi connectivity index (χ3n) is 4.13. The first-order valence-corrected chi connectivity index (χ1v) is 8.98. The third kappa shape index (κ3) is 5.39. The number of carbonyl (C=O) groups is 1. The number of halogens is 1. The van der Waals surface area contributed by atoms with Crippen LogP contribution >= 0.6 is 11.6 Å². The fraction of sp³-hybridized carbons (Fsp3) is 0.389. The molecule has 8 heteroatoms. The molecule has 0 bridgehead atoms. The Morgan fingerprint density at radius 1 is 1.23 bits per heavy atom. The van der Waals surface area contributed by atoms with Gasteiger partial charge >= 0.3 is 0 Å². The van der Waals surface area contributed by atoms with E-state index < -0.39 is 0 Å². The highest BCUT2D eigenvalue weighted by molar-refractivity contribution is 6.31. The van der Waals surface area contributed by atoms with Crippen molar-refractivity contribution >= 4 is 23.3 Å². The van der Waals surface area contributed by atoms with Gasteiger partial charge < -0.3 is 15.4 Å². The number of carbonyl (C=O) groups excluding carboxylic acids is 1. The van der Waals surface area contributed by atoms with Gasteiger partial charge in [-0.3, -0.25) is 9.69 Å². The molecule has 1 aliphatic heterocycles. The van der Waals surface area contributed by atoms with E-state index in [4.69, 9.17) is 16.3 Å². The van der Waals surface area contributed by atoms with Crippen LogP contribution < -0.4 is 10.6 Å². The molecule has 0 spiro atoms. The van der Waals surface area contributed by atoms with Gasteiger partial charge in [0.25, 0.3) is 5.91 Å². The normalized spacial score (nSPS) is 14.8. The number of benzene rings is 1. The van der Waals surface area contributed by atoms with E-state index in [-0.39, 0.29) is 5.91 Å². The Hall–Kier alpha value is -2.22. The molecule has 1 aromatic heterocycles. The molecule has 3 rings (SSSR count). The van der Waals surface area contributed by atoms with Crippen LogP contribution in [-0.4, -0.2) is 60.2 Å². The molecule has 2 aromatic rings. The van der Waals surface area contributed by atoms with Crippen LogP contribution in [0.2, 0.25) is 5.02 Å². The number of anilines is 1. The largest absolute Gasteiger partial charge is 0.379 e. The molecule has 138 valence electrons. The zero-order valence-electron chi connectivity index (χ0n) is 14.4. The highest BCUT2D eigenvalue weighted by Crippen LogP contribution is 2.16. The summed E-state index contributed by atoms with van der Waals surface area (Å²) in [6, 6.07) is 9.23. The van der Waals surface area contributed by atoms with Crippen molar-refractivity contribution in [2.24, 2.45) is 0 Å². The molecule has 1 saturated heterocycles. The molecule has 1 amide bonds. The molecule has 0 atom stereocenters. The van der Waals surface area contributed by atoms with Gasteiger partial charge in [-0.25, -0.2) is 9.97 Å². The standard InChI is InChI=1S/C18H22ClN5O2/c19-15-4-2-1-3-14(15)12-21-17-11-16(22-13-23-17)18(25)20-5-6-24-7-9-26-10-8-24/h1-4,11,13H,5-10,12H2,(H,20,25)(H,21,22,23). The number of hydrogen-bond donors (Lipinski definition) is 2. The minimum atomic E-state index is -0.207. The van der Waals surface area contributed by atoms with E-state index in [1.165, 1.54) is 6.33 Å². The number of rotatable bonds is 7. The van der Waals surface area contributed by atoms with Gasteiger partial charge in [-0.1, -0.05) is 29.8 Å². The molecule has 7 nitrogen and oxygen atoms in total. The molecular weight excluding hydrogens is 354 g/mol. The maximum absolute atomic E-state index is 12.3. The van der Waals surface area contributed by atoms with E-state index in [1.54, 1.807) is 6.07 Å². The quantitative estimate of drug-likeness (QED) is 0.768. The summed E-state index contributed by atoms with van der Waals surface area (Å²) in [5.41, 5.74) is 1.30. The Morgan fingerprint density at radius 3 is 2.85 bits per heavy atom. The molecule has 1 fully saturated rings. The minimum Gasteiger partial charge on any atom is -0.379 e. The van der Waals surface area contributed by atoms with E-state index in [9.17, 15) is 4.79 Å². The first-order valence-electron chi connectivity index (χ1n) is 8.60. The maximum Gasteiger partial charge on any atom is 0.270 e. The Balaban J connectivity index is 1.49. The summed E-state index contributed by atoms with van der Waals surface area (Å²) in [5, 5.41) is 6.75. The van der Waals surface area contributed by atoms with Crippen molar-refractivity contribution < 1.29 is 9.53 Å². The second-order valence-electron chi connectivity index (χ2n) is 5.94. The topological polar surface area (TPSA) is 79.4 Å². The predicted octanol–water partition coefficient (Wildman–Crippen LogP) is 1.80. The summed E-state index contributed by atoms with van der Waals surface area (Å²) in [5.74, 6) is 0.375. The summed E-state index contributed by atoms with van der Waals surface area (Å²) in [6.07, 6.45) is 1.38. The van der Waals surface area contributed by atoms with Crippen LogP contribution in [0.1, 0.15) is 16.1 Å². The zero-order valence-corrected chi connectivity index (χ0v) is 15.2. The lowest BCUT2D eigenvalue weighted by Crippen LogP contribution is -2.41. The van der Waals surface area contributed by atoms with Crippen molar-refractivity contribution in [3.63, 3.8) is 0 Å². The molecule has 26 heavy (non-hydrogen) atoms. The number of nitrogens with zero attached hydrogens (tertiary/aromatic N) is 3. The highest BCUT2D eigenvalue weighted by Gasteiger charge is 2.12. The summed E-state index contributed by atoms with van der Waals surface area (Å²) in [7, 11) is 0. The lowest BCUT2D eigenvalue weighted by molar-refractivity contribution is 0.0383. The van der Waals surface area contributed by atoms with Crippen LogP contribution in [0.3, 0.4) is 0 Å². The van der Waals surface area contributed by atoms with Crippen LogP contribution in [0, 0.1) is 0 Å². The summed E-state index contributed by atoms with van der Waals surface area (Å²) in [4.78, 5) is 22.7. The fourth-order valence-electron chi connectivity index (χ4n) is 2.65. The zero-order chi connectivity index (χ0) is 18.2. The second-order valence-corrected chi connectivity index (χ2v) is 6.35. The Labute approximate surface area is 157 Å². The molecule has 1 aromatic carbocycles. The first-order chi connectivity index (χ1) is 12.7. The number of ether oxygens (including phenoxy) is 1. The summed E-state index contributed by atoms with van der Waals surface area (Å²) >= 11 is 6.14. The summed E-state index contributed by atoms with van der Waals surface area (Å²) < 4.78 is 5.31. The second kappa shape index (κ2) is 9.47. The first kappa shape index (κ1) is 18.6. The highest BCUT2D eigenvalue weighted by atomic mass is 35.5. The van der Waals surface area contributed by atoms with Crippen LogP contribution in [0.5, 0.6) is 0 Å². The minimum absolute atomic E-state index is 0.207. The van der Waals surface area contributed by atoms with Gasteiger partial charge in [-0.15, -0.1) is 0 Å². The number of amides is 1. The van der Waals surface area contributed by atoms with Crippen molar-refractivity contribution in [3.8, 4) is 0 Å². The number of morpholine rings is 1. The van der Waals surface area contributed by atoms with Crippen LogP contribution in [0.15, 0.2) is 36.7 Å². The van der Waals surface area contributed by atoms with Gasteiger partial charge in [-0.2, -0.15) is 0 Å². The van der Waals surface area contributed by atoms with Crippen molar-refractivity contribution in [3.05, 3.63) is 52.9 Å². The average molecular weight is 376 g/mol. The van der Waals surface area contributed by atoms with Gasteiger partial charge in [0.15, 0.2) is 0 Å². The number of nitrogens with one attached hydrogen (secondary N) is 2. The molecule has 1 aliphatic rings. The molecule has 2 heterocycles. The Kier molecular flexibility index (Phi) is 6.76. The molecule has 0 unspecified atom stereocenters. The molecule has 0 aliphatic carbocycles. The number of aromatic nitrogens is 2. The van der Waals surface area contributed by atoms with E-state index >= 15 is 0 Å². The Morgan fingerprint density at radius 2 is 2.04 bits per heavy atom. The Bertz CT molecular complexity index is 737. The van der Waals surface area contributed by atoms with Crippen molar-refractivity contribution in [1.82, 2.24) is 20.2 Å². The van der Waals surface area contributed by atoms with Crippen molar-refractivity contribution in [1.29, 1.82) is 0 Å². The van der Waals surface area contributed by atoms with Crippen molar-refractivity contribution in [2.75, 3.05) is 44.7 Å². The average Bonchev–Trinajstić information content (AvgIpc) is 2.68. The van der Waals surface area contributed by atoms with E-state index in [0.29, 0.717) is 29.6 Å². The van der Waals surface area contributed by atoms with Gasteiger partial charge in [0.05, 0.1) is 13.2 Å².